The molecular weight excluding hydrogens is 228 g/mol. The lowest BCUT2D eigenvalue weighted by atomic mass is 10.1. The van der Waals surface area contributed by atoms with Crippen LogP contribution in [-0.2, 0) is 8.87 Å². The van der Waals surface area contributed by atoms with Crippen molar-refractivity contribution in [1.29, 1.82) is 0 Å². The number of benzene rings is 1. The minimum atomic E-state index is -0.778. The average molecular weight is 240 g/mol. The van der Waals surface area contributed by atoms with E-state index in [4.69, 9.17) is 0 Å². The fourth-order valence-electron chi connectivity index (χ4n) is 1.60. The Labute approximate surface area is 97.5 Å². The van der Waals surface area contributed by atoms with Crippen LogP contribution >= 0.6 is 23.5 Å². The molecular formula is C11H12O2S2. The van der Waals surface area contributed by atoms with Gasteiger partial charge in [0.25, 0.3) is 0 Å². The monoisotopic (exact) mass is 240 g/mol. The van der Waals surface area contributed by atoms with Crippen molar-refractivity contribution >= 4 is 29.5 Å². The molecule has 0 aromatic heterocycles. The Morgan fingerprint density at radius 2 is 1.80 bits per heavy atom. The number of hydrogen-bond acceptors (Lipinski definition) is 3. The number of aliphatic carboxylic acids is 1. The van der Waals surface area contributed by atoms with Gasteiger partial charge in [0.15, 0.2) is 4.08 Å². The summed E-state index contributed by atoms with van der Waals surface area (Å²) in [5.41, 5.74) is 0.896. The lowest BCUT2D eigenvalue weighted by Gasteiger charge is -2.32. The van der Waals surface area contributed by atoms with Gasteiger partial charge >= 0.3 is 5.97 Å². The lowest BCUT2D eigenvalue weighted by Crippen LogP contribution is -2.32. The second-order valence-electron chi connectivity index (χ2n) is 3.34. The third-order valence-electron chi connectivity index (χ3n) is 2.33. The predicted molar refractivity (Wildman–Crippen MR) is 65.3 cm³/mol. The predicted octanol–water partition coefficient (Wildman–Crippen LogP) is 2.79. The molecule has 1 N–H and O–H groups in total. The van der Waals surface area contributed by atoms with E-state index in [1.54, 1.807) is 0 Å². The van der Waals surface area contributed by atoms with E-state index in [9.17, 15) is 9.90 Å². The SMILES string of the molecule is O=C(O)C1(c2ccccc2)SCCCS1. The molecule has 1 aromatic rings. The molecule has 1 saturated heterocycles. The first-order chi connectivity index (χ1) is 7.26. The molecule has 0 aliphatic carbocycles. The first-order valence-electron chi connectivity index (χ1n) is 4.82. The lowest BCUT2D eigenvalue weighted by molar-refractivity contribution is -0.137. The highest BCUT2D eigenvalue weighted by atomic mass is 32.2. The molecule has 1 aliphatic rings. The van der Waals surface area contributed by atoms with Crippen LogP contribution in [0.25, 0.3) is 0 Å². The van der Waals surface area contributed by atoms with Crippen LogP contribution in [0.4, 0.5) is 0 Å². The van der Waals surface area contributed by atoms with Gasteiger partial charge in [-0.1, -0.05) is 30.3 Å². The summed E-state index contributed by atoms with van der Waals surface area (Å²) < 4.78 is -0.778. The van der Waals surface area contributed by atoms with Crippen LogP contribution in [0, 0.1) is 0 Å². The zero-order chi connectivity index (χ0) is 10.7. The van der Waals surface area contributed by atoms with Gasteiger partial charge in [-0.25, -0.2) is 4.79 Å². The maximum Gasteiger partial charge on any atom is 0.334 e. The third-order valence-corrected chi connectivity index (χ3v) is 5.66. The topological polar surface area (TPSA) is 37.3 Å². The fourth-order valence-corrected chi connectivity index (χ4v) is 4.62. The van der Waals surface area contributed by atoms with Crippen LogP contribution in [0.1, 0.15) is 12.0 Å². The Morgan fingerprint density at radius 3 is 2.33 bits per heavy atom. The zero-order valence-electron chi connectivity index (χ0n) is 8.18. The van der Waals surface area contributed by atoms with Crippen molar-refractivity contribution in [1.82, 2.24) is 0 Å². The van der Waals surface area contributed by atoms with E-state index < -0.39 is 10.0 Å². The fraction of sp³-hybridized carbons (Fsp3) is 0.364. The molecule has 2 rings (SSSR count). The number of carboxylic acid groups (broad SMARTS) is 1. The smallest absolute Gasteiger partial charge is 0.334 e. The number of hydrogen-bond donors (Lipinski definition) is 1. The number of rotatable bonds is 2. The van der Waals surface area contributed by atoms with Gasteiger partial charge < -0.3 is 5.11 Å². The van der Waals surface area contributed by atoms with Crippen molar-refractivity contribution in [2.45, 2.75) is 10.5 Å². The molecule has 1 heterocycles. The molecule has 0 spiro atoms. The normalized spacial score (nSPS) is 19.7. The van der Waals surface area contributed by atoms with E-state index in [0.717, 1.165) is 23.5 Å². The first-order valence-corrected chi connectivity index (χ1v) is 6.80. The third kappa shape index (κ3) is 2.01. The highest BCUT2D eigenvalue weighted by molar-refractivity contribution is 8.19. The van der Waals surface area contributed by atoms with Gasteiger partial charge in [0.05, 0.1) is 0 Å². The van der Waals surface area contributed by atoms with Crippen LogP contribution in [0.2, 0.25) is 0 Å². The van der Waals surface area contributed by atoms with E-state index in [1.807, 2.05) is 30.3 Å². The molecule has 0 radical (unpaired) electrons. The van der Waals surface area contributed by atoms with Crippen molar-refractivity contribution in [3.8, 4) is 0 Å². The maximum absolute atomic E-state index is 11.4. The Bertz CT molecular complexity index is 345. The van der Waals surface area contributed by atoms with E-state index >= 15 is 0 Å². The summed E-state index contributed by atoms with van der Waals surface area (Å²) in [4.78, 5) is 11.4. The van der Waals surface area contributed by atoms with Crippen LogP contribution in [0.15, 0.2) is 30.3 Å². The van der Waals surface area contributed by atoms with Crippen LogP contribution in [-0.4, -0.2) is 22.6 Å². The Kier molecular flexibility index (Phi) is 3.26. The number of carboxylic acids is 1. The molecule has 15 heavy (non-hydrogen) atoms. The van der Waals surface area contributed by atoms with Gasteiger partial charge in [-0.3, -0.25) is 0 Å². The average Bonchev–Trinajstić information content (AvgIpc) is 2.31. The van der Waals surface area contributed by atoms with Crippen molar-refractivity contribution in [3.05, 3.63) is 35.9 Å². The largest absolute Gasteiger partial charge is 0.479 e. The Balaban J connectivity index is 2.38. The van der Waals surface area contributed by atoms with Crippen molar-refractivity contribution in [2.75, 3.05) is 11.5 Å². The quantitative estimate of drug-likeness (QED) is 0.862. The van der Waals surface area contributed by atoms with Gasteiger partial charge in [0, 0.05) is 0 Å². The molecule has 1 aromatic carbocycles. The van der Waals surface area contributed by atoms with Crippen LogP contribution < -0.4 is 0 Å². The summed E-state index contributed by atoms with van der Waals surface area (Å²) in [6.07, 6.45) is 1.09. The molecule has 1 aliphatic heterocycles. The van der Waals surface area contributed by atoms with Gasteiger partial charge in [-0.05, 0) is 23.5 Å². The summed E-state index contributed by atoms with van der Waals surface area (Å²) >= 11 is 3.07. The number of thioether (sulfide) groups is 2. The molecule has 0 unspecified atom stereocenters. The molecule has 0 atom stereocenters. The molecule has 1 fully saturated rings. The van der Waals surface area contributed by atoms with Crippen molar-refractivity contribution in [3.63, 3.8) is 0 Å². The van der Waals surface area contributed by atoms with Crippen molar-refractivity contribution < 1.29 is 9.90 Å². The minimum Gasteiger partial charge on any atom is -0.479 e. The first kappa shape index (κ1) is 10.9. The summed E-state index contributed by atoms with van der Waals surface area (Å²) in [6, 6.07) is 9.52. The molecule has 0 amide bonds. The summed E-state index contributed by atoms with van der Waals surface area (Å²) in [5, 5.41) is 9.40. The van der Waals surface area contributed by atoms with E-state index in [0.29, 0.717) is 0 Å². The standard InChI is InChI=1S/C11H12O2S2/c12-10(13)11(14-7-4-8-15-11)9-5-2-1-3-6-9/h1-3,5-6H,4,7-8H2,(H,12,13). The van der Waals surface area contributed by atoms with E-state index in [-0.39, 0.29) is 0 Å². The summed E-state index contributed by atoms with van der Waals surface area (Å²) in [7, 11) is 0. The Hall–Kier alpha value is -0.610. The second-order valence-corrected chi connectivity index (χ2v) is 6.22. The van der Waals surface area contributed by atoms with Gasteiger partial charge in [0.1, 0.15) is 0 Å². The van der Waals surface area contributed by atoms with Crippen LogP contribution in [0.3, 0.4) is 0 Å². The van der Waals surface area contributed by atoms with Gasteiger partial charge in [-0.15, -0.1) is 23.5 Å². The molecule has 0 saturated carbocycles. The summed E-state index contributed by atoms with van der Waals surface area (Å²) in [6.45, 7) is 0. The van der Waals surface area contributed by atoms with Gasteiger partial charge in [-0.2, -0.15) is 0 Å². The molecule has 4 heteroatoms. The van der Waals surface area contributed by atoms with Crippen molar-refractivity contribution in [2.24, 2.45) is 0 Å². The second kappa shape index (κ2) is 4.49. The summed E-state index contributed by atoms with van der Waals surface area (Å²) in [5.74, 6) is 1.12. The van der Waals surface area contributed by atoms with Crippen LogP contribution in [0.5, 0.6) is 0 Å². The zero-order valence-corrected chi connectivity index (χ0v) is 9.81. The van der Waals surface area contributed by atoms with E-state index in [1.165, 1.54) is 23.5 Å². The molecule has 80 valence electrons. The highest BCUT2D eigenvalue weighted by Gasteiger charge is 2.43. The minimum absolute atomic E-state index is 0.733. The Morgan fingerprint density at radius 1 is 1.20 bits per heavy atom. The highest BCUT2D eigenvalue weighted by Crippen LogP contribution is 2.50. The molecule has 2 nitrogen and oxygen atoms in total. The van der Waals surface area contributed by atoms with E-state index in [2.05, 4.69) is 0 Å². The molecule has 0 bridgehead atoms. The van der Waals surface area contributed by atoms with Gasteiger partial charge in [0.2, 0.25) is 0 Å². The number of carbonyl (C=O) groups is 1. The maximum atomic E-state index is 11.4.